The lowest BCUT2D eigenvalue weighted by Crippen LogP contribution is -2.54. The van der Waals surface area contributed by atoms with Crippen molar-refractivity contribution in [3.8, 4) is 0 Å². The minimum atomic E-state index is -0.984. The Morgan fingerprint density at radius 2 is 1.67 bits per heavy atom. The molecule has 0 aromatic heterocycles. The molecular formula is C33H51BN6O8. The first-order valence-corrected chi connectivity index (χ1v) is 16.7. The summed E-state index contributed by atoms with van der Waals surface area (Å²) in [5.74, 6) is -2.39. The smallest absolute Gasteiger partial charge is 0.312 e. The number of benzene rings is 1. The van der Waals surface area contributed by atoms with Crippen LogP contribution in [-0.4, -0.2) is 79.4 Å². The van der Waals surface area contributed by atoms with Gasteiger partial charge in [0.2, 0.25) is 43.3 Å². The SMILES string of the molecule is BC(=O)OCc1ccc(NC(=O)[C@H](CCCNC(N)=O)NC(=O)C(NC(=O)CCCCCN2C(=O)CC(C(C)CC)C2=O)C(C)C)cc1. The van der Waals surface area contributed by atoms with Crippen molar-refractivity contribution in [2.24, 2.45) is 23.5 Å². The zero-order chi connectivity index (χ0) is 35.8. The van der Waals surface area contributed by atoms with Crippen LogP contribution in [0.2, 0.25) is 0 Å². The van der Waals surface area contributed by atoms with Gasteiger partial charge in [-0.25, -0.2) is 4.79 Å². The van der Waals surface area contributed by atoms with E-state index in [1.807, 2.05) is 13.8 Å². The molecule has 0 bridgehead atoms. The maximum atomic E-state index is 13.4. The van der Waals surface area contributed by atoms with Gasteiger partial charge in [0.15, 0.2) is 0 Å². The molecule has 1 aliphatic rings. The number of hydrogen-bond donors (Lipinski definition) is 5. The molecule has 264 valence electrons. The van der Waals surface area contributed by atoms with Crippen LogP contribution in [0, 0.1) is 17.8 Å². The number of hydrogen-bond acceptors (Lipinski definition) is 8. The quantitative estimate of drug-likeness (QED) is 0.0786. The molecule has 0 aliphatic carbocycles. The predicted molar refractivity (Wildman–Crippen MR) is 182 cm³/mol. The second kappa shape index (κ2) is 20.1. The van der Waals surface area contributed by atoms with Crippen LogP contribution in [0.15, 0.2) is 24.3 Å². The van der Waals surface area contributed by atoms with Crippen LogP contribution < -0.4 is 27.0 Å². The number of carbonyl (C=O) groups is 7. The van der Waals surface area contributed by atoms with E-state index in [2.05, 4.69) is 21.3 Å². The third-order valence-electron chi connectivity index (χ3n) is 8.43. The maximum absolute atomic E-state index is 13.4. The average molecular weight is 671 g/mol. The van der Waals surface area contributed by atoms with Crippen molar-refractivity contribution in [2.45, 2.75) is 97.8 Å². The number of unbranched alkanes of at least 4 members (excludes halogenated alkanes) is 2. The van der Waals surface area contributed by atoms with Gasteiger partial charge < -0.3 is 31.7 Å². The zero-order valence-corrected chi connectivity index (χ0v) is 28.8. The van der Waals surface area contributed by atoms with E-state index in [-0.39, 0.29) is 67.9 Å². The Hall–Kier alpha value is -4.43. The average Bonchev–Trinajstić information content (AvgIpc) is 3.32. The van der Waals surface area contributed by atoms with Crippen molar-refractivity contribution < 1.29 is 38.3 Å². The van der Waals surface area contributed by atoms with Crippen molar-refractivity contribution >= 4 is 55.0 Å². The van der Waals surface area contributed by atoms with Crippen LogP contribution in [0.4, 0.5) is 15.3 Å². The van der Waals surface area contributed by atoms with E-state index in [0.717, 1.165) is 12.0 Å². The molecule has 1 aromatic rings. The van der Waals surface area contributed by atoms with Gasteiger partial charge in [0.05, 0.1) is 0 Å². The van der Waals surface area contributed by atoms with E-state index in [1.165, 1.54) is 12.7 Å². The Labute approximate surface area is 283 Å². The van der Waals surface area contributed by atoms with Crippen molar-refractivity contribution in [2.75, 3.05) is 18.4 Å². The number of nitrogens with two attached hydrogens (primary N) is 1. The number of amides is 7. The third-order valence-corrected chi connectivity index (χ3v) is 8.43. The van der Waals surface area contributed by atoms with Crippen molar-refractivity contribution in [1.29, 1.82) is 0 Å². The van der Waals surface area contributed by atoms with Crippen LogP contribution in [0.3, 0.4) is 0 Å². The van der Waals surface area contributed by atoms with Gasteiger partial charge >= 0.3 is 6.03 Å². The number of nitrogens with zero attached hydrogens (tertiary/aromatic N) is 1. The molecule has 7 amide bonds. The Bertz CT molecular complexity index is 1290. The highest BCUT2D eigenvalue weighted by Crippen LogP contribution is 2.28. The highest BCUT2D eigenvalue weighted by atomic mass is 16.5. The molecule has 0 spiro atoms. The number of likely N-dealkylation sites (tertiary alicyclic amines) is 1. The van der Waals surface area contributed by atoms with Crippen molar-refractivity contribution in [1.82, 2.24) is 20.9 Å². The first-order chi connectivity index (χ1) is 22.7. The first-order valence-electron chi connectivity index (χ1n) is 16.7. The Morgan fingerprint density at radius 1 is 0.979 bits per heavy atom. The monoisotopic (exact) mass is 670 g/mol. The van der Waals surface area contributed by atoms with Gasteiger partial charge in [0, 0.05) is 37.5 Å². The highest BCUT2D eigenvalue weighted by Gasteiger charge is 2.40. The summed E-state index contributed by atoms with van der Waals surface area (Å²) >= 11 is 0. The van der Waals surface area contributed by atoms with Crippen molar-refractivity contribution in [3.63, 3.8) is 0 Å². The lowest BCUT2D eigenvalue weighted by Gasteiger charge is -2.25. The maximum Gasteiger partial charge on any atom is 0.312 e. The summed E-state index contributed by atoms with van der Waals surface area (Å²) in [6.07, 6.45) is 3.50. The molecule has 1 heterocycles. The molecule has 15 heteroatoms. The lowest BCUT2D eigenvalue weighted by atomic mass is 9.90. The van der Waals surface area contributed by atoms with Crippen molar-refractivity contribution in [3.05, 3.63) is 29.8 Å². The van der Waals surface area contributed by atoms with Gasteiger partial charge in [-0.1, -0.05) is 52.7 Å². The number of carbonyl (C=O) groups excluding carboxylic acids is 7. The van der Waals surface area contributed by atoms with Crippen LogP contribution >= 0.6 is 0 Å². The molecule has 3 unspecified atom stereocenters. The summed E-state index contributed by atoms with van der Waals surface area (Å²) < 4.78 is 4.98. The predicted octanol–water partition coefficient (Wildman–Crippen LogP) is 1.95. The molecular weight excluding hydrogens is 619 g/mol. The first kappa shape index (κ1) is 39.8. The Kier molecular flexibility index (Phi) is 16.6. The fraction of sp³-hybridized carbons (Fsp3) is 0.606. The standard InChI is InChI=1S/C33H51BN6O8/c1-5-21(4)24-18-27(42)40(31(24)45)17-8-6-7-11-26(41)39-28(20(2)3)30(44)38-25(10-9-16-36-33(35)47)29(43)37-23-14-12-22(13-15-23)19-48-32(34)46/h12-15,20-21,24-25,28H,5-11,16-19,34H2,1-4H3,(H,37,43)(H,38,44)(H,39,41)(H3,35,36,47)/t21?,24?,25-,28?/m0/s1. The topological polar surface area (TPSA) is 206 Å². The second-order valence-corrected chi connectivity index (χ2v) is 12.6. The van der Waals surface area contributed by atoms with Crippen LogP contribution in [0.1, 0.15) is 84.6 Å². The van der Waals surface area contributed by atoms with E-state index in [1.54, 1.807) is 38.1 Å². The molecule has 14 nitrogen and oxygen atoms in total. The summed E-state index contributed by atoms with van der Waals surface area (Å²) in [6, 6.07) is 4.09. The van der Waals surface area contributed by atoms with Crippen LogP contribution in [0.5, 0.6) is 0 Å². The largest absolute Gasteiger partial charge is 0.469 e. The third kappa shape index (κ3) is 13.4. The molecule has 1 aliphatic heterocycles. The number of primary amides is 1. The molecule has 2 rings (SSSR count). The molecule has 1 saturated heterocycles. The number of nitrogens with one attached hydrogen (secondary N) is 4. The fourth-order valence-electron chi connectivity index (χ4n) is 5.33. The Balaban J connectivity index is 1.92. The van der Waals surface area contributed by atoms with Gasteiger partial charge in [-0.05, 0) is 55.2 Å². The zero-order valence-electron chi connectivity index (χ0n) is 28.8. The summed E-state index contributed by atoms with van der Waals surface area (Å²) in [4.78, 5) is 87.9. The molecule has 4 atom stereocenters. The van der Waals surface area contributed by atoms with Crippen LogP contribution in [-0.2, 0) is 35.3 Å². The van der Waals surface area contributed by atoms with E-state index in [0.29, 0.717) is 37.9 Å². The van der Waals surface area contributed by atoms with E-state index in [4.69, 9.17) is 10.5 Å². The lowest BCUT2D eigenvalue weighted by molar-refractivity contribution is -0.140. The van der Waals surface area contributed by atoms with Gasteiger partial charge in [0.25, 0.3) is 0 Å². The molecule has 0 radical (unpaired) electrons. The van der Waals surface area contributed by atoms with E-state index in [9.17, 15) is 33.6 Å². The van der Waals surface area contributed by atoms with E-state index >= 15 is 0 Å². The second-order valence-electron chi connectivity index (χ2n) is 12.6. The van der Waals surface area contributed by atoms with Crippen LogP contribution in [0.25, 0.3) is 0 Å². The molecule has 0 saturated carbocycles. The minimum Gasteiger partial charge on any atom is -0.469 e. The minimum absolute atomic E-state index is 0.0942. The number of ether oxygens (including phenoxy) is 1. The molecule has 1 fully saturated rings. The Morgan fingerprint density at radius 3 is 2.27 bits per heavy atom. The molecule has 1 aromatic carbocycles. The number of rotatable bonds is 20. The highest BCUT2D eigenvalue weighted by molar-refractivity contribution is 6.55. The molecule has 6 N–H and O–H groups in total. The van der Waals surface area contributed by atoms with Gasteiger partial charge in [-0.2, -0.15) is 0 Å². The summed E-state index contributed by atoms with van der Waals surface area (Å²) in [5.41, 5.74) is 6.33. The number of anilines is 1. The summed E-state index contributed by atoms with van der Waals surface area (Å²) in [6.45, 7) is 8.18. The van der Waals surface area contributed by atoms with Gasteiger partial charge in [-0.15, -0.1) is 0 Å². The van der Waals surface area contributed by atoms with Gasteiger partial charge in [0.1, 0.15) is 18.7 Å². The number of imide groups is 1. The molecule has 48 heavy (non-hydrogen) atoms. The fourth-order valence-corrected chi connectivity index (χ4v) is 5.33. The normalized spacial score (nSPS) is 16.2. The summed E-state index contributed by atoms with van der Waals surface area (Å²) in [7, 11) is 1.31. The number of urea groups is 1. The van der Waals surface area contributed by atoms with E-state index < -0.39 is 35.8 Å². The van der Waals surface area contributed by atoms with Gasteiger partial charge in [-0.3, -0.25) is 33.7 Å². The summed E-state index contributed by atoms with van der Waals surface area (Å²) in [5, 5.41) is 10.8.